The molecule has 100 valence electrons. The Balaban J connectivity index is 2.01. The lowest BCUT2D eigenvalue weighted by molar-refractivity contribution is 0.211. The fourth-order valence-corrected chi connectivity index (χ4v) is 3.17. The van der Waals surface area contributed by atoms with Crippen molar-refractivity contribution >= 4 is 0 Å². The van der Waals surface area contributed by atoms with E-state index in [1.165, 1.54) is 50.6 Å². The van der Waals surface area contributed by atoms with Crippen molar-refractivity contribution in [3.8, 4) is 0 Å². The second kappa shape index (κ2) is 6.38. The number of hydrogen-bond donors (Lipinski definition) is 1. The third-order valence-corrected chi connectivity index (χ3v) is 4.58. The van der Waals surface area contributed by atoms with Gasteiger partial charge in [-0.2, -0.15) is 0 Å². The van der Waals surface area contributed by atoms with Crippen LogP contribution < -0.4 is 5.32 Å². The van der Waals surface area contributed by atoms with Gasteiger partial charge in [-0.25, -0.2) is 0 Å². The highest BCUT2D eigenvalue weighted by atomic mass is 15.0. The van der Waals surface area contributed by atoms with Gasteiger partial charge in [0.1, 0.15) is 0 Å². The molecule has 1 aromatic rings. The fourth-order valence-electron chi connectivity index (χ4n) is 3.17. The molecule has 1 nitrogen and oxygen atoms in total. The molecule has 0 aliphatic carbocycles. The van der Waals surface area contributed by atoms with Crippen molar-refractivity contribution in [3.63, 3.8) is 0 Å². The standard InChI is InChI=1S/C17H27N/c1-15(2)17(12-7-4-8-14-18-17)13-11-16-9-5-3-6-10-16/h3,5-6,9-10,15,18H,4,7-8,11-14H2,1-2H3. The molecule has 0 radical (unpaired) electrons. The van der Waals surface area contributed by atoms with Crippen molar-refractivity contribution in [1.82, 2.24) is 5.32 Å². The first-order valence-corrected chi connectivity index (χ1v) is 7.52. The van der Waals surface area contributed by atoms with E-state index in [0.29, 0.717) is 5.54 Å². The molecule has 1 atom stereocenters. The summed E-state index contributed by atoms with van der Waals surface area (Å²) in [7, 11) is 0. The molecule has 1 saturated heterocycles. The molecule has 1 heterocycles. The van der Waals surface area contributed by atoms with Crippen LogP contribution in [0.4, 0.5) is 0 Å². The average Bonchev–Trinajstić information content (AvgIpc) is 2.64. The van der Waals surface area contributed by atoms with E-state index in [2.05, 4.69) is 49.5 Å². The van der Waals surface area contributed by atoms with Crippen LogP contribution >= 0.6 is 0 Å². The van der Waals surface area contributed by atoms with Crippen LogP contribution in [-0.2, 0) is 6.42 Å². The first-order chi connectivity index (χ1) is 8.73. The highest BCUT2D eigenvalue weighted by Crippen LogP contribution is 2.31. The summed E-state index contributed by atoms with van der Waals surface area (Å²) >= 11 is 0. The molecule has 1 heteroatoms. The molecule has 0 bridgehead atoms. The first-order valence-electron chi connectivity index (χ1n) is 7.52. The average molecular weight is 245 g/mol. The van der Waals surface area contributed by atoms with Gasteiger partial charge in [0.15, 0.2) is 0 Å². The number of aryl methyl sites for hydroxylation is 1. The highest BCUT2D eigenvalue weighted by Gasteiger charge is 2.33. The van der Waals surface area contributed by atoms with E-state index >= 15 is 0 Å². The van der Waals surface area contributed by atoms with Crippen molar-refractivity contribution in [2.75, 3.05) is 6.54 Å². The summed E-state index contributed by atoms with van der Waals surface area (Å²) in [6.45, 7) is 5.96. The van der Waals surface area contributed by atoms with Gasteiger partial charge in [0.05, 0.1) is 0 Å². The van der Waals surface area contributed by atoms with E-state index in [1.807, 2.05) is 0 Å². The minimum Gasteiger partial charge on any atom is -0.311 e. The lowest BCUT2D eigenvalue weighted by Gasteiger charge is -2.38. The van der Waals surface area contributed by atoms with Crippen molar-refractivity contribution in [2.24, 2.45) is 5.92 Å². The van der Waals surface area contributed by atoms with Crippen LogP contribution in [0.1, 0.15) is 51.5 Å². The number of benzene rings is 1. The van der Waals surface area contributed by atoms with Gasteiger partial charge in [0, 0.05) is 5.54 Å². The van der Waals surface area contributed by atoms with Gasteiger partial charge in [-0.15, -0.1) is 0 Å². The third kappa shape index (κ3) is 3.35. The van der Waals surface area contributed by atoms with Crippen LogP contribution in [0, 0.1) is 5.92 Å². The molecule has 1 fully saturated rings. The predicted molar refractivity (Wildman–Crippen MR) is 78.8 cm³/mol. The van der Waals surface area contributed by atoms with Crippen LogP contribution in [-0.4, -0.2) is 12.1 Å². The van der Waals surface area contributed by atoms with Crippen LogP contribution in [0.5, 0.6) is 0 Å². The van der Waals surface area contributed by atoms with Crippen LogP contribution in [0.15, 0.2) is 30.3 Å². The Morgan fingerprint density at radius 2 is 1.89 bits per heavy atom. The smallest absolute Gasteiger partial charge is 0.0207 e. The summed E-state index contributed by atoms with van der Waals surface area (Å²) in [4.78, 5) is 0. The summed E-state index contributed by atoms with van der Waals surface area (Å²) in [5.74, 6) is 0.722. The van der Waals surface area contributed by atoms with Crippen LogP contribution in [0.25, 0.3) is 0 Å². The monoisotopic (exact) mass is 245 g/mol. The Bertz CT molecular complexity index is 334. The highest BCUT2D eigenvalue weighted by molar-refractivity contribution is 5.15. The van der Waals surface area contributed by atoms with Gasteiger partial charge in [0.2, 0.25) is 0 Å². The molecule has 18 heavy (non-hydrogen) atoms. The molecule has 0 spiro atoms. The van der Waals surface area contributed by atoms with E-state index in [4.69, 9.17) is 0 Å². The molecule has 1 aliphatic heterocycles. The summed E-state index contributed by atoms with van der Waals surface area (Å²) in [6, 6.07) is 10.9. The van der Waals surface area contributed by atoms with Crippen molar-refractivity contribution in [2.45, 2.75) is 57.9 Å². The molecule has 1 unspecified atom stereocenters. The fraction of sp³-hybridized carbons (Fsp3) is 0.647. The maximum Gasteiger partial charge on any atom is 0.0207 e. The second-order valence-electron chi connectivity index (χ2n) is 6.03. The quantitative estimate of drug-likeness (QED) is 0.839. The van der Waals surface area contributed by atoms with Gasteiger partial charge in [-0.05, 0) is 43.7 Å². The molecule has 0 aromatic heterocycles. The minimum atomic E-state index is 0.367. The molecular weight excluding hydrogens is 218 g/mol. The molecule has 0 amide bonds. The Hall–Kier alpha value is -0.820. The van der Waals surface area contributed by atoms with Gasteiger partial charge in [0.25, 0.3) is 0 Å². The number of rotatable bonds is 4. The Morgan fingerprint density at radius 1 is 1.11 bits per heavy atom. The Labute approximate surface area is 112 Å². The van der Waals surface area contributed by atoms with Crippen molar-refractivity contribution in [3.05, 3.63) is 35.9 Å². The normalized spacial score (nSPS) is 25.1. The van der Waals surface area contributed by atoms with Crippen LogP contribution in [0.3, 0.4) is 0 Å². The zero-order chi connectivity index (χ0) is 12.8. The summed E-state index contributed by atoms with van der Waals surface area (Å²) in [5.41, 5.74) is 1.84. The van der Waals surface area contributed by atoms with Gasteiger partial charge >= 0.3 is 0 Å². The topological polar surface area (TPSA) is 12.0 Å². The maximum atomic E-state index is 3.86. The van der Waals surface area contributed by atoms with E-state index in [-0.39, 0.29) is 0 Å². The largest absolute Gasteiger partial charge is 0.311 e. The van der Waals surface area contributed by atoms with Gasteiger partial charge in [-0.3, -0.25) is 0 Å². The summed E-state index contributed by atoms with van der Waals surface area (Å²) < 4.78 is 0. The molecule has 1 N–H and O–H groups in total. The SMILES string of the molecule is CC(C)C1(CCc2ccccc2)CCCCCN1. The van der Waals surface area contributed by atoms with E-state index in [9.17, 15) is 0 Å². The van der Waals surface area contributed by atoms with Gasteiger partial charge in [-0.1, -0.05) is 57.0 Å². The molecule has 1 aliphatic rings. The molecule has 2 rings (SSSR count). The van der Waals surface area contributed by atoms with Crippen molar-refractivity contribution < 1.29 is 0 Å². The lowest BCUT2D eigenvalue weighted by atomic mass is 9.78. The zero-order valence-corrected chi connectivity index (χ0v) is 11.9. The predicted octanol–water partition coefficient (Wildman–Crippen LogP) is 4.18. The third-order valence-electron chi connectivity index (χ3n) is 4.58. The zero-order valence-electron chi connectivity index (χ0n) is 11.9. The van der Waals surface area contributed by atoms with Gasteiger partial charge < -0.3 is 5.32 Å². The Kier molecular flexibility index (Phi) is 4.82. The molecular formula is C17H27N. The number of nitrogens with one attached hydrogen (secondary N) is 1. The van der Waals surface area contributed by atoms with E-state index in [1.54, 1.807) is 0 Å². The molecule has 0 saturated carbocycles. The van der Waals surface area contributed by atoms with E-state index in [0.717, 1.165) is 5.92 Å². The Morgan fingerprint density at radius 3 is 2.61 bits per heavy atom. The summed E-state index contributed by atoms with van der Waals surface area (Å²) in [6.07, 6.45) is 7.95. The second-order valence-corrected chi connectivity index (χ2v) is 6.03. The molecule has 1 aromatic carbocycles. The van der Waals surface area contributed by atoms with E-state index < -0.39 is 0 Å². The lowest BCUT2D eigenvalue weighted by Crippen LogP contribution is -2.49. The summed E-state index contributed by atoms with van der Waals surface area (Å²) in [5, 5.41) is 3.86. The maximum absolute atomic E-state index is 3.86. The minimum absolute atomic E-state index is 0.367. The number of hydrogen-bond acceptors (Lipinski definition) is 1. The first kappa shape index (κ1) is 13.6. The van der Waals surface area contributed by atoms with Crippen molar-refractivity contribution in [1.29, 1.82) is 0 Å². The van der Waals surface area contributed by atoms with Crippen LogP contribution in [0.2, 0.25) is 0 Å².